The third-order valence-corrected chi connectivity index (χ3v) is 5.48. The van der Waals surface area contributed by atoms with Crippen LogP contribution in [0.25, 0.3) is 27.7 Å². The van der Waals surface area contributed by atoms with Crippen molar-refractivity contribution < 1.29 is 9.72 Å². The molecule has 0 bridgehead atoms. The molecule has 8 heteroatoms. The number of hydrogen-bond donors (Lipinski definition) is 0. The van der Waals surface area contributed by atoms with E-state index < -0.39 is 10.7 Å². The molecule has 0 saturated heterocycles. The van der Waals surface area contributed by atoms with Crippen LogP contribution in [-0.2, 0) is 7.05 Å². The number of carbonyl (C=O) groups is 1. The smallest absolute Gasteiger partial charge is 0.277 e. The molecule has 3 aromatic carbocycles. The van der Waals surface area contributed by atoms with Crippen molar-refractivity contribution in [2.24, 2.45) is 7.05 Å². The Kier molecular flexibility index (Phi) is 4.41. The van der Waals surface area contributed by atoms with Gasteiger partial charge >= 0.3 is 0 Å². The highest BCUT2D eigenvalue weighted by Gasteiger charge is 2.26. The molecule has 0 unspecified atom stereocenters. The number of hydrogen-bond acceptors (Lipinski definition) is 5. The number of aryl methyl sites for hydroxylation is 1. The summed E-state index contributed by atoms with van der Waals surface area (Å²) in [5.74, 6) is -0.423. The van der Waals surface area contributed by atoms with Gasteiger partial charge in [0.05, 0.1) is 16.0 Å². The summed E-state index contributed by atoms with van der Waals surface area (Å²) in [7, 11) is 1.68. The van der Waals surface area contributed by atoms with E-state index in [1.165, 1.54) is 28.8 Å². The van der Waals surface area contributed by atoms with Gasteiger partial charge in [-0.25, -0.2) is 4.52 Å². The fraction of sp³-hybridized carbons (Fsp3) is 0.0417. The van der Waals surface area contributed by atoms with Crippen molar-refractivity contribution in [2.45, 2.75) is 0 Å². The Bertz CT molecular complexity index is 1580. The van der Waals surface area contributed by atoms with Gasteiger partial charge in [-0.1, -0.05) is 42.5 Å². The van der Waals surface area contributed by atoms with Crippen LogP contribution in [0.3, 0.4) is 0 Å². The highest BCUT2D eigenvalue weighted by atomic mass is 16.6. The summed E-state index contributed by atoms with van der Waals surface area (Å²) in [6.07, 6.45) is 0. The number of ketones is 1. The van der Waals surface area contributed by atoms with Crippen LogP contribution in [0.2, 0.25) is 0 Å². The van der Waals surface area contributed by atoms with Gasteiger partial charge < -0.3 is 4.57 Å². The van der Waals surface area contributed by atoms with Crippen molar-refractivity contribution in [3.8, 4) is 11.1 Å². The van der Waals surface area contributed by atoms with Crippen molar-refractivity contribution in [2.75, 3.05) is 0 Å². The topological polar surface area (TPSA) is 99.5 Å². The second-order valence-electron chi connectivity index (χ2n) is 7.34. The Labute approximate surface area is 181 Å². The molecule has 5 aromatic rings. The van der Waals surface area contributed by atoms with Gasteiger partial charge in [0.2, 0.25) is 5.78 Å². The van der Waals surface area contributed by atoms with E-state index in [9.17, 15) is 19.7 Å². The van der Waals surface area contributed by atoms with Gasteiger partial charge in [-0.15, -0.1) is 0 Å². The van der Waals surface area contributed by atoms with Crippen LogP contribution in [0.4, 0.5) is 5.69 Å². The molecule has 0 N–H and O–H groups in total. The number of aromatic nitrogens is 3. The molecule has 0 aliphatic carbocycles. The molecule has 0 radical (unpaired) electrons. The quantitative estimate of drug-likeness (QED) is 0.247. The zero-order chi connectivity index (χ0) is 22.4. The molecule has 0 spiro atoms. The van der Waals surface area contributed by atoms with E-state index in [1.54, 1.807) is 11.6 Å². The molecule has 0 aliphatic rings. The van der Waals surface area contributed by atoms with Crippen molar-refractivity contribution >= 4 is 28.0 Å². The van der Waals surface area contributed by atoms with Crippen molar-refractivity contribution in [3.05, 3.63) is 111 Å². The molecule has 8 nitrogen and oxygen atoms in total. The molecule has 2 aromatic heterocycles. The van der Waals surface area contributed by atoms with Gasteiger partial charge in [-0.2, -0.15) is 5.10 Å². The summed E-state index contributed by atoms with van der Waals surface area (Å²) >= 11 is 0. The monoisotopic (exact) mass is 424 g/mol. The van der Waals surface area contributed by atoms with Crippen LogP contribution < -0.4 is 5.56 Å². The highest BCUT2D eigenvalue weighted by molar-refractivity contribution is 6.14. The summed E-state index contributed by atoms with van der Waals surface area (Å²) < 4.78 is 3.05. The van der Waals surface area contributed by atoms with Crippen LogP contribution >= 0.6 is 0 Å². The number of nitrogens with zero attached hydrogens (tertiary/aromatic N) is 4. The average molecular weight is 424 g/mol. The minimum absolute atomic E-state index is 0.110. The van der Waals surface area contributed by atoms with E-state index in [4.69, 9.17) is 0 Å². The number of non-ortho nitro benzene ring substituents is 1. The maximum absolute atomic E-state index is 13.5. The molecule has 0 atom stereocenters. The SMILES string of the molecule is Cn1c(=O)c2c(-c3ccccc3)c(C(=O)c3ccc([N+](=O)[O-])cc3)nn2c2ccccc21. The molecule has 2 heterocycles. The second-order valence-corrected chi connectivity index (χ2v) is 7.34. The van der Waals surface area contributed by atoms with Crippen LogP contribution in [-0.4, -0.2) is 24.9 Å². The van der Waals surface area contributed by atoms with E-state index in [0.717, 1.165) is 0 Å². The molecule has 5 rings (SSSR count). The first-order valence-corrected chi connectivity index (χ1v) is 9.82. The highest BCUT2D eigenvalue weighted by Crippen LogP contribution is 2.30. The van der Waals surface area contributed by atoms with E-state index in [1.807, 2.05) is 54.6 Å². The Morgan fingerprint density at radius 1 is 0.906 bits per heavy atom. The van der Waals surface area contributed by atoms with Gasteiger partial charge in [0.15, 0.2) is 0 Å². The lowest BCUT2D eigenvalue weighted by atomic mass is 9.99. The summed E-state index contributed by atoms with van der Waals surface area (Å²) in [5.41, 5.74) is 2.74. The fourth-order valence-corrected chi connectivity index (χ4v) is 3.89. The molecular weight excluding hydrogens is 408 g/mol. The van der Waals surface area contributed by atoms with Crippen LogP contribution in [0.5, 0.6) is 0 Å². The summed E-state index contributed by atoms with van der Waals surface area (Å²) in [6, 6.07) is 21.8. The summed E-state index contributed by atoms with van der Waals surface area (Å²) in [4.78, 5) is 37.3. The summed E-state index contributed by atoms with van der Waals surface area (Å²) in [5, 5.41) is 15.5. The zero-order valence-corrected chi connectivity index (χ0v) is 16.9. The molecule has 156 valence electrons. The maximum Gasteiger partial charge on any atom is 0.277 e. The van der Waals surface area contributed by atoms with E-state index in [-0.39, 0.29) is 22.5 Å². The lowest BCUT2D eigenvalue weighted by molar-refractivity contribution is -0.384. The Morgan fingerprint density at radius 2 is 1.53 bits per heavy atom. The standard InChI is InChI=1S/C24H16N4O4/c1-26-18-9-5-6-10-19(18)27-22(24(26)30)20(15-7-3-2-4-8-15)21(25-27)23(29)16-11-13-17(14-12-16)28(31)32/h2-14H,1H3. The number of rotatable bonds is 4. The third kappa shape index (κ3) is 2.89. The molecule has 0 saturated carbocycles. The number of carbonyl (C=O) groups excluding carboxylic acids is 1. The van der Waals surface area contributed by atoms with Crippen molar-refractivity contribution in [3.63, 3.8) is 0 Å². The Hall–Kier alpha value is -4.59. The van der Waals surface area contributed by atoms with Gasteiger partial charge in [0.25, 0.3) is 11.2 Å². The Morgan fingerprint density at radius 3 is 2.19 bits per heavy atom. The first kappa shape index (κ1) is 19.4. The lowest BCUT2D eigenvalue weighted by Gasteiger charge is -2.08. The van der Waals surface area contributed by atoms with Crippen LogP contribution in [0.1, 0.15) is 16.1 Å². The first-order valence-electron chi connectivity index (χ1n) is 9.82. The van der Waals surface area contributed by atoms with Crippen LogP contribution in [0.15, 0.2) is 83.7 Å². The number of para-hydroxylation sites is 2. The predicted octanol–water partition coefficient (Wildman–Crippen LogP) is 3.99. The number of benzene rings is 3. The predicted molar refractivity (Wildman–Crippen MR) is 120 cm³/mol. The van der Waals surface area contributed by atoms with E-state index in [0.29, 0.717) is 27.7 Å². The van der Waals surface area contributed by atoms with E-state index >= 15 is 0 Å². The van der Waals surface area contributed by atoms with Crippen LogP contribution in [0, 0.1) is 10.1 Å². The van der Waals surface area contributed by atoms with Gasteiger partial charge in [0.1, 0.15) is 11.2 Å². The van der Waals surface area contributed by atoms with Gasteiger partial charge in [-0.3, -0.25) is 19.7 Å². The number of fused-ring (bicyclic) bond motifs is 3. The van der Waals surface area contributed by atoms with E-state index in [2.05, 4.69) is 5.10 Å². The minimum Gasteiger partial charge on any atom is -0.308 e. The minimum atomic E-state index is -0.523. The van der Waals surface area contributed by atoms with Gasteiger partial charge in [-0.05, 0) is 29.8 Å². The molecule has 0 amide bonds. The molecule has 32 heavy (non-hydrogen) atoms. The third-order valence-electron chi connectivity index (χ3n) is 5.48. The largest absolute Gasteiger partial charge is 0.308 e. The number of nitro benzene ring substituents is 1. The zero-order valence-electron chi connectivity index (χ0n) is 16.9. The fourth-order valence-electron chi connectivity index (χ4n) is 3.89. The first-order chi connectivity index (χ1) is 15.5. The number of nitro groups is 1. The lowest BCUT2D eigenvalue weighted by Crippen LogP contribution is -2.20. The van der Waals surface area contributed by atoms with Gasteiger partial charge in [0, 0.05) is 30.3 Å². The second kappa shape index (κ2) is 7.28. The van der Waals surface area contributed by atoms with Crippen molar-refractivity contribution in [1.82, 2.24) is 14.2 Å². The summed E-state index contributed by atoms with van der Waals surface area (Å²) in [6.45, 7) is 0. The normalized spacial score (nSPS) is 11.2. The molecular formula is C24H16N4O4. The Balaban J connectivity index is 1.85. The average Bonchev–Trinajstić information content (AvgIpc) is 3.23. The molecule has 0 aliphatic heterocycles. The maximum atomic E-state index is 13.5. The van der Waals surface area contributed by atoms with Crippen molar-refractivity contribution in [1.29, 1.82) is 0 Å². The molecule has 0 fully saturated rings.